The second-order valence-electron chi connectivity index (χ2n) is 4.17. The molecule has 0 aliphatic heterocycles. The van der Waals surface area contributed by atoms with E-state index in [1.807, 2.05) is 31.4 Å². The van der Waals surface area contributed by atoms with Crippen LogP contribution in [0.2, 0.25) is 0 Å². The Kier molecular flexibility index (Phi) is 4.04. The molecule has 1 N–H and O–H groups in total. The molecule has 1 aromatic carbocycles. The molecule has 0 aliphatic carbocycles. The highest BCUT2D eigenvalue weighted by molar-refractivity contribution is 9.10. The van der Waals surface area contributed by atoms with Crippen molar-refractivity contribution in [2.75, 3.05) is 0 Å². The summed E-state index contributed by atoms with van der Waals surface area (Å²) in [5, 5.41) is 13.8. The normalized spacial score (nSPS) is 12.4. The first-order chi connectivity index (χ1) is 8.56. The van der Waals surface area contributed by atoms with Crippen molar-refractivity contribution in [3.05, 3.63) is 46.2 Å². The van der Waals surface area contributed by atoms with Gasteiger partial charge in [0.15, 0.2) is 0 Å². The van der Waals surface area contributed by atoms with Gasteiger partial charge in [-0.1, -0.05) is 22.0 Å². The minimum Gasteiger partial charge on any atom is -0.488 e. The SMILES string of the molecule is C[C@@H](O)c1ccc(Br)cc1OCc1cnn(C)c1. The standard InChI is InChI=1S/C13H15BrN2O2/c1-9(17)12-4-3-11(14)5-13(12)18-8-10-6-15-16(2)7-10/h3-7,9,17H,8H2,1-2H3/t9-/m1/s1. The van der Waals surface area contributed by atoms with Crippen LogP contribution in [0.1, 0.15) is 24.2 Å². The Bertz CT molecular complexity index is 538. The van der Waals surface area contributed by atoms with E-state index in [-0.39, 0.29) is 0 Å². The molecule has 0 aliphatic rings. The van der Waals surface area contributed by atoms with Crippen LogP contribution in [0.4, 0.5) is 0 Å². The Morgan fingerprint density at radius 2 is 2.28 bits per heavy atom. The zero-order chi connectivity index (χ0) is 13.1. The van der Waals surface area contributed by atoms with Gasteiger partial charge < -0.3 is 9.84 Å². The quantitative estimate of drug-likeness (QED) is 0.944. The lowest BCUT2D eigenvalue weighted by Gasteiger charge is -2.13. The van der Waals surface area contributed by atoms with Crippen LogP contribution in [-0.4, -0.2) is 14.9 Å². The molecule has 5 heteroatoms. The second kappa shape index (κ2) is 5.54. The fourth-order valence-corrected chi connectivity index (χ4v) is 2.03. The minimum absolute atomic E-state index is 0.435. The Balaban J connectivity index is 2.15. The Hall–Kier alpha value is -1.33. The third kappa shape index (κ3) is 3.11. The summed E-state index contributed by atoms with van der Waals surface area (Å²) in [6.45, 7) is 2.16. The minimum atomic E-state index is -0.554. The zero-order valence-corrected chi connectivity index (χ0v) is 11.9. The van der Waals surface area contributed by atoms with Crippen molar-refractivity contribution in [1.82, 2.24) is 9.78 Å². The summed E-state index contributed by atoms with van der Waals surface area (Å²) >= 11 is 3.40. The molecule has 0 radical (unpaired) electrons. The van der Waals surface area contributed by atoms with Crippen LogP contribution >= 0.6 is 15.9 Å². The van der Waals surface area contributed by atoms with Gasteiger partial charge in [0.25, 0.3) is 0 Å². The molecule has 1 heterocycles. The van der Waals surface area contributed by atoms with E-state index in [1.54, 1.807) is 17.8 Å². The van der Waals surface area contributed by atoms with Crippen LogP contribution in [0.5, 0.6) is 5.75 Å². The lowest BCUT2D eigenvalue weighted by molar-refractivity contribution is 0.190. The number of aliphatic hydroxyl groups is 1. The maximum Gasteiger partial charge on any atom is 0.126 e. The average molecular weight is 311 g/mol. The Morgan fingerprint density at radius 1 is 1.50 bits per heavy atom. The second-order valence-corrected chi connectivity index (χ2v) is 5.08. The van der Waals surface area contributed by atoms with Crippen molar-refractivity contribution >= 4 is 15.9 Å². The molecule has 1 aromatic heterocycles. The number of benzene rings is 1. The number of hydrogen-bond donors (Lipinski definition) is 1. The van der Waals surface area contributed by atoms with Gasteiger partial charge >= 0.3 is 0 Å². The Labute approximate surface area is 114 Å². The van der Waals surface area contributed by atoms with E-state index >= 15 is 0 Å². The third-order valence-corrected chi connectivity index (χ3v) is 3.07. The van der Waals surface area contributed by atoms with E-state index in [2.05, 4.69) is 21.0 Å². The monoisotopic (exact) mass is 310 g/mol. The van der Waals surface area contributed by atoms with E-state index in [0.717, 1.165) is 15.6 Å². The molecular formula is C13H15BrN2O2. The first-order valence-corrected chi connectivity index (χ1v) is 6.43. The van der Waals surface area contributed by atoms with Gasteiger partial charge in [0.1, 0.15) is 12.4 Å². The lowest BCUT2D eigenvalue weighted by Crippen LogP contribution is -2.00. The van der Waals surface area contributed by atoms with Crippen LogP contribution in [0.25, 0.3) is 0 Å². The predicted molar refractivity (Wildman–Crippen MR) is 72.3 cm³/mol. The lowest BCUT2D eigenvalue weighted by atomic mass is 10.1. The molecule has 0 saturated carbocycles. The summed E-state index contributed by atoms with van der Waals surface area (Å²) in [6, 6.07) is 5.60. The molecule has 18 heavy (non-hydrogen) atoms. The van der Waals surface area contributed by atoms with E-state index in [4.69, 9.17) is 4.74 Å². The van der Waals surface area contributed by atoms with Gasteiger partial charge in [-0.25, -0.2) is 0 Å². The summed E-state index contributed by atoms with van der Waals surface area (Å²) in [6.07, 6.45) is 3.11. The van der Waals surface area contributed by atoms with Crippen LogP contribution in [0.3, 0.4) is 0 Å². The number of aliphatic hydroxyl groups excluding tert-OH is 1. The predicted octanol–water partition coefficient (Wildman–Crippen LogP) is 2.81. The van der Waals surface area contributed by atoms with Gasteiger partial charge in [-0.3, -0.25) is 4.68 Å². The number of rotatable bonds is 4. The summed E-state index contributed by atoms with van der Waals surface area (Å²) in [4.78, 5) is 0. The van der Waals surface area contributed by atoms with Crippen LogP contribution in [-0.2, 0) is 13.7 Å². The third-order valence-electron chi connectivity index (χ3n) is 2.58. The molecule has 0 fully saturated rings. The van der Waals surface area contributed by atoms with Crippen molar-refractivity contribution < 1.29 is 9.84 Å². The largest absolute Gasteiger partial charge is 0.488 e. The molecular weight excluding hydrogens is 296 g/mol. The van der Waals surface area contributed by atoms with Gasteiger partial charge in [0.05, 0.1) is 12.3 Å². The molecule has 0 unspecified atom stereocenters. The van der Waals surface area contributed by atoms with Crippen molar-refractivity contribution in [1.29, 1.82) is 0 Å². The number of halogens is 1. The molecule has 0 saturated heterocycles. The average Bonchev–Trinajstić information content (AvgIpc) is 2.72. The number of aryl methyl sites for hydroxylation is 1. The molecule has 96 valence electrons. The molecule has 1 atom stereocenters. The van der Waals surface area contributed by atoms with Gasteiger partial charge in [-0.05, 0) is 19.1 Å². The van der Waals surface area contributed by atoms with Crippen LogP contribution in [0.15, 0.2) is 35.1 Å². The van der Waals surface area contributed by atoms with Gasteiger partial charge in [-0.15, -0.1) is 0 Å². The van der Waals surface area contributed by atoms with Crippen LogP contribution < -0.4 is 4.74 Å². The fourth-order valence-electron chi connectivity index (χ4n) is 1.69. The first-order valence-electron chi connectivity index (χ1n) is 5.64. The number of ether oxygens (including phenoxy) is 1. The zero-order valence-electron chi connectivity index (χ0n) is 10.3. The maximum atomic E-state index is 9.68. The van der Waals surface area contributed by atoms with E-state index in [1.165, 1.54) is 0 Å². The summed E-state index contributed by atoms with van der Waals surface area (Å²) in [5.41, 5.74) is 1.77. The van der Waals surface area contributed by atoms with Gasteiger partial charge in [0.2, 0.25) is 0 Å². The van der Waals surface area contributed by atoms with Crippen molar-refractivity contribution in [3.63, 3.8) is 0 Å². The number of nitrogens with zero attached hydrogens (tertiary/aromatic N) is 2. The van der Waals surface area contributed by atoms with Crippen molar-refractivity contribution in [2.24, 2.45) is 7.05 Å². The first kappa shape index (κ1) is 13.1. The number of hydrogen-bond acceptors (Lipinski definition) is 3. The highest BCUT2D eigenvalue weighted by Crippen LogP contribution is 2.29. The summed E-state index contributed by atoms with van der Waals surface area (Å²) in [5.74, 6) is 0.684. The molecule has 2 aromatic rings. The smallest absolute Gasteiger partial charge is 0.126 e. The van der Waals surface area contributed by atoms with E-state index in [9.17, 15) is 5.11 Å². The van der Waals surface area contributed by atoms with E-state index < -0.39 is 6.10 Å². The molecule has 0 bridgehead atoms. The topological polar surface area (TPSA) is 47.3 Å². The summed E-state index contributed by atoms with van der Waals surface area (Å²) < 4.78 is 8.39. The summed E-state index contributed by atoms with van der Waals surface area (Å²) in [7, 11) is 1.86. The molecule has 0 amide bonds. The van der Waals surface area contributed by atoms with Gasteiger partial charge in [-0.2, -0.15) is 5.10 Å². The Morgan fingerprint density at radius 3 is 2.89 bits per heavy atom. The van der Waals surface area contributed by atoms with Crippen LogP contribution in [0, 0.1) is 0 Å². The number of aromatic nitrogens is 2. The van der Waals surface area contributed by atoms with Crippen molar-refractivity contribution in [2.45, 2.75) is 19.6 Å². The molecule has 2 rings (SSSR count). The van der Waals surface area contributed by atoms with Gasteiger partial charge in [0, 0.05) is 28.8 Å². The van der Waals surface area contributed by atoms with Crippen molar-refractivity contribution in [3.8, 4) is 5.75 Å². The fraction of sp³-hybridized carbons (Fsp3) is 0.308. The highest BCUT2D eigenvalue weighted by Gasteiger charge is 2.10. The molecule has 4 nitrogen and oxygen atoms in total. The highest BCUT2D eigenvalue weighted by atomic mass is 79.9. The maximum absolute atomic E-state index is 9.68. The molecule has 0 spiro atoms. The van der Waals surface area contributed by atoms with E-state index in [0.29, 0.717) is 12.4 Å².